The van der Waals surface area contributed by atoms with Gasteiger partial charge in [0.2, 0.25) is 0 Å². The number of nitrogens with zero attached hydrogens (tertiary/aromatic N) is 1. The second kappa shape index (κ2) is 7.22. The summed E-state index contributed by atoms with van der Waals surface area (Å²) in [5.41, 5.74) is 0.428. The van der Waals surface area contributed by atoms with Crippen LogP contribution in [-0.2, 0) is 14.3 Å². The molecule has 5 nitrogen and oxygen atoms in total. The summed E-state index contributed by atoms with van der Waals surface area (Å²) in [4.78, 5) is 26.4. The molecule has 26 heavy (non-hydrogen) atoms. The lowest BCUT2D eigenvalue weighted by atomic mass is 9.65. The van der Waals surface area contributed by atoms with Gasteiger partial charge < -0.3 is 14.4 Å². The summed E-state index contributed by atoms with van der Waals surface area (Å²) in [6, 6.07) is 7.48. The number of rotatable bonds is 5. The average molecular weight is 424 g/mol. The van der Waals surface area contributed by atoms with Crippen molar-refractivity contribution >= 4 is 27.8 Å². The number of hydrogen-bond acceptors (Lipinski definition) is 4. The highest BCUT2D eigenvalue weighted by atomic mass is 79.9. The van der Waals surface area contributed by atoms with E-state index in [1.165, 1.54) is 0 Å². The monoisotopic (exact) mass is 423 g/mol. The number of carbonyl (C=O) groups is 2. The van der Waals surface area contributed by atoms with E-state index in [9.17, 15) is 9.59 Å². The molecule has 3 rings (SSSR count). The molecule has 142 valence electrons. The summed E-state index contributed by atoms with van der Waals surface area (Å²) >= 11 is 3.34. The summed E-state index contributed by atoms with van der Waals surface area (Å²) in [7, 11) is 0. The van der Waals surface area contributed by atoms with Crippen LogP contribution in [0.1, 0.15) is 40.0 Å². The van der Waals surface area contributed by atoms with Crippen molar-refractivity contribution in [1.29, 1.82) is 0 Å². The molecule has 0 unspecified atom stereocenters. The van der Waals surface area contributed by atoms with E-state index in [4.69, 9.17) is 9.47 Å². The van der Waals surface area contributed by atoms with E-state index < -0.39 is 5.97 Å². The molecule has 0 aromatic heterocycles. The molecule has 6 heteroatoms. The highest BCUT2D eigenvalue weighted by molar-refractivity contribution is 9.10. The lowest BCUT2D eigenvalue weighted by molar-refractivity contribution is -0.154. The van der Waals surface area contributed by atoms with E-state index in [2.05, 4.69) is 36.7 Å². The predicted molar refractivity (Wildman–Crippen MR) is 102 cm³/mol. The molecule has 1 saturated carbocycles. The van der Waals surface area contributed by atoms with Crippen molar-refractivity contribution in [3.63, 3.8) is 0 Å². The Morgan fingerprint density at radius 2 is 2.00 bits per heavy atom. The number of fused-ring (bicyclic) bond motifs is 2. The summed E-state index contributed by atoms with van der Waals surface area (Å²) < 4.78 is 11.4. The van der Waals surface area contributed by atoms with E-state index in [0.29, 0.717) is 5.75 Å². The van der Waals surface area contributed by atoms with Gasteiger partial charge in [0.15, 0.2) is 13.2 Å². The van der Waals surface area contributed by atoms with E-state index in [-0.39, 0.29) is 36.0 Å². The van der Waals surface area contributed by atoms with Crippen molar-refractivity contribution in [2.24, 2.45) is 10.8 Å². The van der Waals surface area contributed by atoms with Gasteiger partial charge in [-0.2, -0.15) is 0 Å². The van der Waals surface area contributed by atoms with E-state index in [0.717, 1.165) is 30.3 Å². The number of likely N-dealkylation sites (tertiary alicyclic amines) is 1. The van der Waals surface area contributed by atoms with Gasteiger partial charge in [-0.05, 0) is 48.3 Å². The Labute approximate surface area is 163 Å². The van der Waals surface area contributed by atoms with Gasteiger partial charge in [-0.1, -0.05) is 42.8 Å². The Bertz CT molecular complexity index is 705. The van der Waals surface area contributed by atoms with Crippen LogP contribution in [0.3, 0.4) is 0 Å². The van der Waals surface area contributed by atoms with Crippen molar-refractivity contribution in [3.05, 3.63) is 28.7 Å². The van der Waals surface area contributed by atoms with Gasteiger partial charge in [0, 0.05) is 17.1 Å². The van der Waals surface area contributed by atoms with Crippen LogP contribution < -0.4 is 4.74 Å². The fraction of sp³-hybridized carbons (Fsp3) is 0.600. The second-order valence-corrected chi connectivity index (χ2v) is 9.56. The zero-order valence-corrected chi connectivity index (χ0v) is 17.2. The van der Waals surface area contributed by atoms with Crippen LogP contribution in [0.25, 0.3) is 0 Å². The van der Waals surface area contributed by atoms with Crippen LogP contribution >= 0.6 is 15.9 Å². The number of ether oxygens (including phenoxy) is 2. The van der Waals surface area contributed by atoms with Crippen LogP contribution in [0.2, 0.25) is 0 Å². The molecule has 0 radical (unpaired) electrons. The normalized spacial score (nSPS) is 26.5. The zero-order chi connectivity index (χ0) is 18.9. The molecule has 1 aliphatic carbocycles. The number of halogens is 1. The third kappa shape index (κ3) is 4.58. The molecule has 0 N–H and O–H groups in total. The lowest BCUT2D eigenvalue weighted by Crippen LogP contribution is -2.40. The molecule has 2 aliphatic rings. The van der Waals surface area contributed by atoms with Gasteiger partial charge in [0.25, 0.3) is 5.91 Å². The average Bonchev–Trinajstić information content (AvgIpc) is 2.79. The maximum absolute atomic E-state index is 12.6. The molecule has 2 atom stereocenters. The van der Waals surface area contributed by atoms with Crippen molar-refractivity contribution in [1.82, 2.24) is 4.90 Å². The zero-order valence-electron chi connectivity index (χ0n) is 15.6. The SMILES string of the molecule is CC1(C)C[C@@H]2C[C@](C)(CN2C(=O)COC(=O)COc2cccc(Br)c2)C1. The van der Waals surface area contributed by atoms with E-state index in [1.807, 2.05) is 17.0 Å². The molecular formula is C20H26BrNO4. The second-order valence-electron chi connectivity index (χ2n) is 8.64. The van der Waals surface area contributed by atoms with E-state index in [1.54, 1.807) is 12.1 Å². The minimum atomic E-state index is -0.535. The van der Waals surface area contributed by atoms with Gasteiger partial charge in [-0.25, -0.2) is 4.79 Å². The highest BCUT2D eigenvalue weighted by Crippen LogP contribution is 2.52. The minimum absolute atomic E-state index is 0.104. The van der Waals surface area contributed by atoms with Crippen molar-refractivity contribution in [2.75, 3.05) is 19.8 Å². The first-order valence-corrected chi connectivity index (χ1v) is 9.79. The summed E-state index contributed by atoms with van der Waals surface area (Å²) in [5, 5.41) is 0. The number of hydrogen-bond donors (Lipinski definition) is 0. The quantitative estimate of drug-likeness (QED) is 0.675. The minimum Gasteiger partial charge on any atom is -0.482 e. The number of amides is 1. The first kappa shape index (κ1) is 19.2. The fourth-order valence-corrected chi connectivity index (χ4v) is 5.10. The molecule has 1 aromatic carbocycles. The standard InChI is InChI=1S/C20H26BrNO4/c1-19(2)8-15-9-20(3,12-19)13-22(15)17(23)10-26-18(24)11-25-16-6-4-5-14(21)7-16/h4-7,15H,8-13H2,1-3H3/t15-,20+/m1/s1. The molecule has 1 aliphatic heterocycles. The summed E-state index contributed by atoms with van der Waals surface area (Å²) in [5.74, 6) is -0.0644. The van der Waals surface area contributed by atoms with E-state index >= 15 is 0 Å². The first-order chi connectivity index (χ1) is 12.2. The van der Waals surface area contributed by atoms with Crippen LogP contribution in [0.4, 0.5) is 0 Å². The van der Waals surface area contributed by atoms with Crippen LogP contribution in [-0.4, -0.2) is 42.6 Å². The molecule has 2 bridgehead atoms. The van der Waals surface area contributed by atoms with Crippen LogP contribution in [0.5, 0.6) is 5.75 Å². The van der Waals surface area contributed by atoms with Gasteiger partial charge in [0.05, 0.1) is 0 Å². The number of carbonyl (C=O) groups excluding carboxylic acids is 2. The largest absolute Gasteiger partial charge is 0.482 e. The summed E-state index contributed by atoms with van der Waals surface area (Å²) in [6.45, 7) is 7.12. The molecule has 1 heterocycles. The Kier molecular flexibility index (Phi) is 5.33. The topological polar surface area (TPSA) is 55.8 Å². The smallest absolute Gasteiger partial charge is 0.344 e. The van der Waals surface area contributed by atoms with Gasteiger partial charge >= 0.3 is 5.97 Å². The third-order valence-electron chi connectivity index (χ3n) is 5.24. The Hall–Kier alpha value is -1.56. The Morgan fingerprint density at radius 3 is 2.73 bits per heavy atom. The lowest BCUT2D eigenvalue weighted by Gasteiger charge is -2.39. The fourth-order valence-electron chi connectivity index (χ4n) is 4.72. The first-order valence-electron chi connectivity index (χ1n) is 8.99. The molecule has 1 aromatic rings. The van der Waals surface area contributed by atoms with Gasteiger partial charge in [0.1, 0.15) is 5.75 Å². The predicted octanol–water partition coefficient (Wildman–Crippen LogP) is 3.80. The Balaban J connectivity index is 1.47. The van der Waals surface area contributed by atoms with Crippen molar-refractivity contribution in [2.45, 2.75) is 46.1 Å². The molecule has 0 spiro atoms. The number of benzene rings is 1. The van der Waals surface area contributed by atoms with Gasteiger partial charge in [-0.3, -0.25) is 4.79 Å². The van der Waals surface area contributed by atoms with Crippen molar-refractivity contribution in [3.8, 4) is 5.75 Å². The molecule has 1 saturated heterocycles. The molecule has 1 amide bonds. The van der Waals surface area contributed by atoms with Crippen molar-refractivity contribution < 1.29 is 19.1 Å². The molecular weight excluding hydrogens is 398 g/mol. The third-order valence-corrected chi connectivity index (χ3v) is 5.74. The Morgan fingerprint density at radius 1 is 1.23 bits per heavy atom. The summed E-state index contributed by atoms with van der Waals surface area (Å²) in [6.07, 6.45) is 3.18. The maximum Gasteiger partial charge on any atom is 0.344 e. The number of esters is 1. The van der Waals surface area contributed by atoms with Crippen LogP contribution in [0, 0.1) is 10.8 Å². The maximum atomic E-state index is 12.6. The molecule has 2 fully saturated rings. The van der Waals surface area contributed by atoms with Gasteiger partial charge in [-0.15, -0.1) is 0 Å². The van der Waals surface area contributed by atoms with Crippen LogP contribution in [0.15, 0.2) is 28.7 Å². The highest BCUT2D eigenvalue weighted by Gasteiger charge is 2.50.